The predicted molar refractivity (Wildman–Crippen MR) is 83.5 cm³/mol. The molecule has 0 saturated heterocycles. The summed E-state index contributed by atoms with van der Waals surface area (Å²) in [5.74, 6) is -0.734. The van der Waals surface area contributed by atoms with Crippen molar-refractivity contribution in [2.24, 2.45) is 0 Å². The summed E-state index contributed by atoms with van der Waals surface area (Å²) in [7, 11) is -3.79. The molecule has 0 aliphatic rings. The number of rotatable bonds is 6. The summed E-state index contributed by atoms with van der Waals surface area (Å²) in [6, 6.07) is 2.35. The van der Waals surface area contributed by atoms with Gasteiger partial charge in [0.05, 0.1) is 9.92 Å². The third-order valence-electron chi connectivity index (χ3n) is 2.57. The Hall–Kier alpha value is -0.690. The van der Waals surface area contributed by atoms with Crippen molar-refractivity contribution in [3.05, 3.63) is 28.5 Å². The fraction of sp³-hybridized carbons (Fsp3) is 0.571. The average molecular weight is 337 g/mol. The van der Waals surface area contributed by atoms with E-state index in [0.717, 1.165) is 19.0 Å². The molecule has 2 N–H and O–H groups in total. The molecule has 0 fully saturated rings. The maximum atomic E-state index is 13.9. The van der Waals surface area contributed by atoms with Crippen LogP contribution in [0.4, 0.5) is 4.39 Å². The first-order chi connectivity index (χ1) is 9.57. The second-order valence-electron chi connectivity index (χ2n) is 5.91. The lowest BCUT2D eigenvalue weighted by Crippen LogP contribution is -2.40. The number of nitrogens with one attached hydrogen (secondary N) is 2. The van der Waals surface area contributed by atoms with Crippen molar-refractivity contribution in [2.45, 2.75) is 51.1 Å². The van der Waals surface area contributed by atoms with E-state index < -0.39 is 21.4 Å². The minimum atomic E-state index is -3.79. The van der Waals surface area contributed by atoms with Gasteiger partial charge in [-0.3, -0.25) is 0 Å². The zero-order chi connectivity index (χ0) is 16.3. The fourth-order valence-corrected chi connectivity index (χ4v) is 3.42. The van der Waals surface area contributed by atoms with Gasteiger partial charge in [-0.2, -0.15) is 0 Å². The smallest absolute Gasteiger partial charge is 0.241 e. The highest BCUT2D eigenvalue weighted by atomic mass is 35.5. The molecule has 120 valence electrons. The van der Waals surface area contributed by atoms with E-state index in [2.05, 4.69) is 10.0 Å². The number of benzene rings is 1. The molecule has 0 bridgehead atoms. The Morgan fingerprint density at radius 2 is 1.90 bits per heavy atom. The monoisotopic (exact) mass is 336 g/mol. The van der Waals surface area contributed by atoms with Crippen molar-refractivity contribution < 1.29 is 12.8 Å². The highest BCUT2D eigenvalue weighted by Crippen LogP contribution is 2.25. The molecule has 0 aliphatic carbocycles. The van der Waals surface area contributed by atoms with Crippen LogP contribution in [0.2, 0.25) is 5.02 Å². The summed E-state index contributed by atoms with van der Waals surface area (Å²) in [5, 5.41) is 3.03. The largest absolute Gasteiger partial charge is 0.313 e. The Morgan fingerprint density at radius 3 is 2.43 bits per heavy atom. The molecule has 0 unspecified atom stereocenters. The van der Waals surface area contributed by atoms with Crippen molar-refractivity contribution >= 4 is 21.6 Å². The van der Waals surface area contributed by atoms with E-state index >= 15 is 0 Å². The van der Waals surface area contributed by atoms with E-state index in [1.165, 1.54) is 6.07 Å². The van der Waals surface area contributed by atoms with Crippen molar-refractivity contribution in [1.29, 1.82) is 0 Å². The van der Waals surface area contributed by atoms with Gasteiger partial charge < -0.3 is 5.32 Å². The summed E-state index contributed by atoms with van der Waals surface area (Å²) < 4.78 is 40.9. The highest BCUT2D eigenvalue weighted by molar-refractivity contribution is 7.89. The Bertz CT molecular complexity index is 598. The molecule has 1 aromatic rings. The maximum absolute atomic E-state index is 13.9. The first-order valence-electron chi connectivity index (χ1n) is 6.79. The van der Waals surface area contributed by atoms with Gasteiger partial charge in [0.2, 0.25) is 10.0 Å². The first kappa shape index (κ1) is 18.4. The maximum Gasteiger partial charge on any atom is 0.241 e. The lowest BCUT2D eigenvalue weighted by molar-refractivity contribution is 0.490. The molecule has 0 atom stereocenters. The van der Waals surface area contributed by atoms with Crippen LogP contribution in [-0.4, -0.2) is 20.5 Å². The van der Waals surface area contributed by atoms with Crippen LogP contribution in [0.5, 0.6) is 0 Å². The molecule has 7 heteroatoms. The molecule has 1 rings (SSSR count). The lowest BCUT2D eigenvalue weighted by atomic mass is 10.1. The Balaban J connectivity index is 3.14. The van der Waals surface area contributed by atoms with Crippen LogP contribution >= 0.6 is 11.6 Å². The molecule has 4 nitrogen and oxygen atoms in total. The summed E-state index contributed by atoms with van der Waals surface area (Å²) in [6.45, 7) is 8.24. The fourth-order valence-electron chi connectivity index (χ4n) is 1.76. The summed E-state index contributed by atoms with van der Waals surface area (Å²) in [6.07, 6.45) is 0.920. The Kier molecular flexibility index (Phi) is 6.16. The van der Waals surface area contributed by atoms with Crippen LogP contribution < -0.4 is 10.0 Å². The number of hydrogen-bond donors (Lipinski definition) is 2. The van der Waals surface area contributed by atoms with Crippen molar-refractivity contribution in [1.82, 2.24) is 10.0 Å². The first-order valence-corrected chi connectivity index (χ1v) is 8.65. The molecule has 0 amide bonds. The van der Waals surface area contributed by atoms with Crippen molar-refractivity contribution in [3.8, 4) is 0 Å². The van der Waals surface area contributed by atoms with Gasteiger partial charge >= 0.3 is 0 Å². The van der Waals surface area contributed by atoms with Crippen molar-refractivity contribution in [3.63, 3.8) is 0 Å². The molecule has 1 aromatic carbocycles. The van der Waals surface area contributed by atoms with E-state index in [0.29, 0.717) is 12.1 Å². The predicted octanol–water partition coefficient (Wildman–Crippen LogP) is 3.06. The topological polar surface area (TPSA) is 58.2 Å². The molecule has 0 spiro atoms. The Morgan fingerprint density at radius 1 is 1.29 bits per heavy atom. The summed E-state index contributed by atoms with van der Waals surface area (Å²) in [4.78, 5) is -0.118. The van der Waals surface area contributed by atoms with E-state index in [-0.39, 0.29) is 9.92 Å². The molecule has 0 aromatic heterocycles. The zero-order valence-corrected chi connectivity index (χ0v) is 14.3. The number of halogens is 2. The van der Waals surface area contributed by atoms with Gasteiger partial charge in [-0.05, 0) is 51.4 Å². The standard InChI is InChI=1S/C14H22ClFN2O2S/c1-5-6-17-9-10-7-11(8-12(16)13(10)15)21(19,20)18-14(2,3)4/h7-8,17-18H,5-6,9H2,1-4H3. The van der Waals surface area contributed by atoms with Crippen LogP contribution in [-0.2, 0) is 16.6 Å². The summed E-state index contributed by atoms with van der Waals surface area (Å²) >= 11 is 5.90. The van der Waals surface area contributed by atoms with E-state index in [1.54, 1.807) is 20.8 Å². The summed E-state index contributed by atoms with van der Waals surface area (Å²) in [5.41, 5.74) is -0.213. The zero-order valence-electron chi connectivity index (χ0n) is 12.8. The molecule has 0 aliphatic heterocycles. The van der Waals surface area contributed by atoms with E-state index in [1.807, 2.05) is 6.92 Å². The molecular weight excluding hydrogens is 315 g/mol. The molecule has 21 heavy (non-hydrogen) atoms. The lowest BCUT2D eigenvalue weighted by Gasteiger charge is -2.21. The van der Waals surface area contributed by atoms with E-state index in [9.17, 15) is 12.8 Å². The quantitative estimate of drug-likeness (QED) is 0.785. The van der Waals surface area contributed by atoms with Crippen LogP contribution in [0, 0.1) is 5.82 Å². The van der Waals surface area contributed by atoms with Crippen LogP contribution in [0.3, 0.4) is 0 Å². The molecule has 0 radical (unpaired) electrons. The third-order valence-corrected chi connectivity index (χ3v) is 4.73. The second kappa shape index (κ2) is 7.05. The average Bonchev–Trinajstić information content (AvgIpc) is 2.31. The molecule has 0 saturated carbocycles. The van der Waals surface area contributed by atoms with Gasteiger partial charge in [-0.25, -0.2) is 17.5 Å². The molecule has 0 heterocycles. The minimum absolute atomic E-state index is 0.0479. The van der Waals surface area contributed by atoms with Gasteiger partial charge in [0.25, 0.3) is 0 Å². The van der Waals surface area contributed by atoms with Gasteiger partial charge in [-0.15, -0.1) is 0 Å². The van der Waals surface area contributed by atoms with Crippen LogP contribution in [0.1, 0.15) is 39.7 Å². The van der Waals surface area contributed by atoms with Crippen molar-refractivity contribution in [2.75, 3.05) is 6.54 Å². The number of hydrogen-bond acceptors (Lipinski definition) is 3. The molecular formula is C14H22ClFN2O2S. The SMILES string of the molecule is CCCNCc1cc(S(=O)(=O)NC(C)(C)C)cc(F)c1Cl. The highest BCUT2D eigenvalue weighted by Gasteiger charge is 2.24. The van der Waals surface area contributed by atoms with Gasteiger partial charge in [0, 0.05) is 12.1 Å². The van der Waals surface area contributed by atoms with Crippen LogP contribution in [0.25, 0.3) is 0 Å². The Labute approximate surface area is 131 Å². The second-order valence-corrected chi connectivity index (χ2v) is 7.97. The van der Waals surface area contributed by atoms with Gasteiger partial charge in [0.15, 0.2) is 0 Å². The van der Waals surface area contributed by atoms with Gasteiger partial charge in [-0.1, -0.05) is 18.5 Å². The minimum Gasteiger partial charge on any atom is -0.313 e. The van der Waals surface area contributed by atoms with Gasteiger partial charge in [0.1, 0.15) is 5.82 Å². The number of sulfonamides is 1. The normalized spacial score (nSPS) is 12.7. The third kappa shape index (κ3) is 5.54. The van der Waals surface area contributed by atoms with E-state index in [4.69, 9.17) is 11.6 Å². The van der Waals surface area contributed by atoms with Crippen LogP contribution in [0.15, 0.2) is 17.0 Å².